The van der Waals surface area contributed by atoms with Gasteiger partial charge in [0.25, 0.3) is 0 Å². The summed E-state index contributed by atoms with van der Waals surface area (Å²) in [5.41, 5.74) is 2.17. The number of nitrogens with two attached hydrogens (primary N) is 1. The molecule has 0 bridgehead atoms. The number of aryl methyl sites for hydroxylation is 1. The number of benzene rings is 3. The van der Waals surface area contributed by atoms with E-state index in [0.717, 1.165) is 31.3 Å². The minimum absolute atomic E-state index is 0.346. The second-order valence-corrected chi connectivity index (χ2v) is 6.97. The van der Waals surface area contributed by atoms with Gasteiger partial charge in [-0.15, -0.1) is 0 Å². The number of aromatic nitrogens is 4. The molecule has 0 unspecified atom stereocenters. The molecule has 7 nitrogen and oxygen atoms in total. The van der Waals surface area contributed by atoms with Gasteiger partial charge in [0.15, 0.2) is 5.76 Å². The van der Waals surface area contributed by atoms with Crippen molar-refractivity contribution in [1.29, 1.82) is 0 Å². The highest BCUT2D eigenvalue weighted by molar-refractivity contribution is 6.33. The van der Waals surface area contributed by atoms with Crippen molar-refractivity contribution in [3.05, 3.63) is 87.3 Å². The molecule has 4 aromatic rings. The molecule has 29 heavy (non-hydrogen) atoms. The van der Waals surface area contributed by atoms with Gasteiger partial charge in [0.1, 0.15) is 0 Å². The van der Waals surface area contributed by atoms with Crippen LogP contribution in [0.3, 0.4) is 0 Å². The Hall–Kier alpha value is -3.42. The number of hydrogen-bond acceptors (Lipinski definition) is 5. The maximum Gasteiger partial charge on any atom is 0.368 e. The Kier molecular flexibility index (Phi) is 4.92. The number of tetrazole rings is 1. The van der Waals surface area contributed by atoms with E-state index in [1.807, 2.05) is 43.3 Å². The fourth-order valence-electron chi connectivity index (χ4n) is 3.27. The topological polar surface area (TPSA) is 88.0 Å². The maximum absolute atomic E-state index is 12.4. The Morgan fingerprint density at radius 1 is 1.03 bits per heavy atom. The molecular formula is C21H18ClN5O2. The lowest BCUT2D eigenvalue weighted by atomic mass is 9.98. The molecule has 0 radical (unpaired) electrons. The van der Waals surface area contributed by atoms with Crippen LogP contribution in [0.5, 0.6) is 0 Å². The zero-order valence-corrected chi connectivity index (χ0v) is 16.6. The number of allylic oxidation sites excluding steroid dienone is 1. The van der Waals surface area contributed by atoms with E-state index >= 15 is 0 Å². The van der Waals surface area contributed by atoms with Crippen LogP contribution < -0.4 is 11.6 Å². The zero-order chi connectivity index (χ0) is 20.5. The maximum atomic E-state index is 12.4. The van der Waals surface area contributed by atoms with Gasteiger partial charge in [0.2, 0.25) is 0 Å². The fourth-order valence-corrected chi connectivity index (χ4v) is 3.52. The molecule has 0 aliphatic rings. The Balaban J connectivity index is 1.96. The molecular weight excluding hydrogens is 390 g/mol. The van der Waals surface area contributed by atoms with Crippen LogP contribution in [-0.4, -0.2) is 19.8 Å². The van der Waals surface area contributed by atoms with E-state index in [1.165, 1.54) is 7.05 Å². The van der Waals surface area contributed by atoms with Crippen LogP contribution in [0.4, 0.5) is 0 Å². The first-order valence-corrected chi connectivity index (χ1v) is 9.24. The Bertz CT molecular complexity index is 1310. The Morgan fingerprint density at radius 3 is 2.48 bits per heavy atom. The summed E-state index contributed by atoms with van der Waals surface area (Å²) in [5.74, 6) is 6.02. The van der Waals surface area contributed by atoms with Crippen LogP contribution in [0.2, 0.25) is 5.02 Å². The molecule has 0 spiro atoms. The molecule has 0 amide bonds. The van der Waals surface area contributed by atoms with Crippen LogP contribution in [0, 0.1) is 0 Å². The lowest BCUT2D eigenvalue weighted by Gasteiger charge is -2.16. The standard InChI is InChI=1S/C21H18ClN5O2/c1-13(15-11-10-14-6-3-4-7-16(14)12-15)20(29-23)19-17(22)8-5-9-18(19)27-21(28)26(2)24-25-27/h3-12H,23H2,1-2H3/b20-13+. The van der Waals surface area contributed by atoms with Gasteiger partial charge < -0.3 is 4.84 Å². The van der Waals surface area contributed by atoms with Gasteiger partial charge >= 0.3 is 5.69 Å². The normalized spacial score (nSPS) is 12.1. The van der Waals surface area contributed by atoms with E-state index in [0.29, 0.717) is 22.0 Å². The van der Waals surface area contributed by atoms with Crippen molar-refractivity contribution >= 4 is 33.7 Å². The van der Waals surface area contributed by atoms with E-state index in [2.05, 4.69) is 16.5 Å². The predicted octanol–water partition coefficient (Wildman–Crippen LogP) is 3.55. The van der Waals surface area contributed by atoms with Crippen molar-refractivity contribution in [3.8, 4) is 5.69 Å². The van der Waals surface area contributed by atoms with Crippen LogP contribution in [0.25, 0.3) is 27.8 Å². The second kappa shape index (κ2) is 7.54. The van der Waals surface area contributed by atoms with Gasteiger partial charge in [-0.1, -0.05) is 54.1 Å². The van der Waals surface area contributed by atoms with Crippen LogP contribution in [0.1, 0.15) is 18.1 Å². The SMILES string of the molecule is C/C(=C(\ON)c1c(Cl)cccc1-n1nnn(C)c1=O)c1ccc2ccccc2c1. The van der Waals surface area contributed by atoms with E-state index in [-0.39, 0.29) is 0 Å². The second-order valence-electron chi connectivity index (χ2n) is 6.56. The Labute approximate surface area is 171 Å². The highest BCUT2D eigenvalue weighted by Gasteiger charge is 2.21. The third-order valence-electron chi connectivity index (χ3n) is 4.81. The molecule has 4 rings (SSSR count). The van der Waals surface area contributed by atoms with Crippen molar-refractivity contribution in [2.75, 3.05) is 0 Å². The fraction of sp³-hybridized carbons (Fsp3) is 0.0952. The summed E-state index contributed by atoms with van der Waals surface area (Å²) in [6.45, 7) is 1.89. The minimum Gasteiger partial charge on any atom is -0.410 e. The largest absolute Gasteiger partial charge is 0.410 e. The summed E-state index contributed by atoms with van der Waals surface area (Å²) in [5, 5.41) is 10.3. The van der Waals surface area contributed by atoms with Gasteiger partial charge in [-0.25, -0.2) is 4.79 Å². The van der Waals surface area contributed by atoms with Crippen LogP contribution >= 0.6 is 11.6 Å². The van der Waals surface area contributed by atoms with Crippen LogP contribution in [-0.2, 0) is 11.9 Å². The zero-order valence-electron chi connectivity index (χ0n) is 15.8. The highest BCUT2D eigenvalue weighted by atomic mass is 35.5. The number of hydrogen-bond donors (Lipinski definition) is 1. The molecule has 0 aliphatic carbocycles. The minimum atomic E-state index is -0.409. The third-order valence-corrected chi connectivity index (χ3v) is 5.12. The average Bonchev–Trinajstić information content (AvgIpc) is 3.07. The van der Waals surface area contributed by atoms with E-state index in [4.69, 9.17) is 22.3 Å². The molecule has 2 N–H and O–H groups in total. The van der Waals surface area contributed by atoms with Gasteiger partial charge in [0, 0.05) is 12.6 Å². The Morgan fingerprint density at radius 2 is 1.79 bits per heavy atom. The number of nitrogens with zero attached hydrogens (tertiary/aromatic N) is 4. The predicted molar refractivity (Wildman–Crippen MR) is 113 cm³/mol. The smallest absolute Gasteiger partial charge is 0.368 e. The molecule has 0 saturated carbocycles. The molecule has 1 heterocycles. The first kappa shape index (κ1) is 18.9. The van der Waals surface area contributed by atoms with E-state index in [1.54, 1.807) is 18.2 Å². The molecule has 0 aliphatic heterocycles. The number of halogens is 1. The van der Waals surface area contributed by atoms with E-state index in [9.17, 15) is 4.79 Å². The van der Waals surface area contributed by atoms with Crippen LogP contribution in [0.15, 0.2) is 65.5 Å². The first-order chi connectivity index (χ1) is 14.0. The van der Waals surface area contributed by atoms with E-state index < -0.39 is 5.69 Å². The van der Waals surface area contributed by atoms with Crippen molar-refractivity contribution in [1.82, 2.24) is 19.8 Å². The molecule has 0 atom stereocenters. The quantitative estimate of drug-likeness (QED) is 0.317. The average molecular weight is 408 g/mol. The van der Waals surface area contributed by atoms with Gasteiger partial charge in [-0.05, 0) is 51.9 Å². The monoisotopic (exact) mass is 407 g/mol. The summed E-state index contributed by atoms with van der Waals surface area (Å²) in [6.07, 6.45) is 0. The summed E-state index contributed by atoms with van der Waals surface area (Å²) in [7, 11) is 1.52. The lowest BCUT2D eigenvalue weighted by Crippen LogP contribution is -2.23. The molecule has 0 saturated heterocycles. The molecule has 3 aromatic carbocycles. The van der Waals surface area contributed by atoms with Gasteiger partial charge in [-0.2, -0.15) is 15.3 Å². The lowest BCUT2D eigenvalue weighted by molar-refractivity contribution is 0.291. The molecule has 146 valence electrons. The van der Waals surface area contributed by atoms with Crippen molar-refractivity contribution < 1.29 is 4.84 Å². The van der Waals surface area contributed by atoms with Crippen molar-refractivity contribution in [3.63, 3.8) is 0 Å². The molecule has 8 heteroatoms. The van der Waals surface area contributed by atoms with Gasteiger partial charge in [-0.3, -0.25) is 0 Å². The summed E-state index contributed by atoms with van der Waals surface area (Å²) in [4.78, 5) is 17.7. The number of rotatable bonds is 4. The van der Waals surface area contributed by atoms with Crippen molar-refractivity contribution in [2.24, 2.45) is 12.9 Å². The summed E-state index contributed by atoms with van der Waals surface area (Å²) in [6, 6.07) is 19.3. The van der Waals surface area contributed by atoms with Gasteiger partial charge in [0.05, 0.1) is 16.3 Å². The summed E-state index contributed by atoms with van der Waals surface area (Å²) < 4.78 is 2.29. The number of fused-ring (bicyclic) bond motifs is 1. The third kappa shape index (κ3) is 3.30. The first-order valence-electron chi connectivity index (χ1n) is 8.86. The molecule has 0 fully saturated rings. The van der Waals surface area contributed by atoms with Crippen molar-refractivity contribution in [2.45, 2.75) is 6.92 Å². The highest BCUT2D eigenvalue weighted by Crippen LogP contribution is 2.35. The molecule has 1 aromatic heterocycles. The summed E-state index contributed by atoms with van der Waals surface area (Å²) >= 11 is 6.50.